The number of carboxylic acids is 1. The van der Waals surface area contributed by atoms with Crippen LogP contribution in [0.4, 0.5) is 0 Å². The minimum Gasteiger partial charge on any atom is -0.480 e. The summed E-state index contributed by atoms with van der Waals surface area (Å²) < 4.78 is 74.9. The Morgan fingerprint density at radius 3 is 0.561 bits per heavy atom. The molecule has 9 atom stereocenters. The second-order valence-corrected chi connectivity index (χ2v) is 35.5. The van der Waals surface area contributed by atoms with Crippen LogP contribution in [0.1, 0.15) is 50.5 Å². The van der Waals surface area contributed by atoms with Gasteiger partial charge in [-0.25, -0.2) is 0 Å². The monoisotopic (exact) mass is 2340 g/mol. The van der Waals surface area contributed by atoms with Crippen LogP contribution in [0.15, 0.2) is 0 Å². The number of rotatable bonds is 42. The van der Waals surface area contributed by atoms with Gasteiger partial charge in [-0.2, -0.15) is 0 Å². The SMILES string of the molecule is C.C.C.C.CCN(CN(C)C)CP(=O)(O)O.CCN(CN(C)CP)CP(=O)(O)O.CCN(CN(CP)CP)CP(=O)(O)O.CN(CN)CP.CN(CP)CN(C)CP(=O)(O)O.CN(CP)CN(CC(=O)O)CP(=O)(O)O.CN(CP)CN(CP(=O)(O)O)CP(=O)(O)O.CO.CO.CO.NCN(CP)CP.O.O.O.O.O.O.O.O.O.O.O.O.O.O.O.O.O.O.O.O.O.O.O.O.O.O.O. The number of nitrogens with zero attached hydrogens (tertiary/aromatic N) is 14. The molecule has 76 N–H and O–H groups in total. The smallest absolute Gasteiger partial charge is 0.339 e. The Morgan fingerprint density at radius 2 is 0.409 bits per heavy atom. The summed E-state index contributed by atoms with van der Waals surface area (Å²) in [5, 5.41) is 29.5. The van der Waals surface area contributed by atoms with Gasteiger partial charge in [0, 0.05) is 91.2 Å². The molecule has 132 heavy (non-hydrogen) atoms. The molecule has 0 aromatic rings. The molecule has 0 amide bonds. The number of carbonyl (C=O) groups is 1. The average Bonchev–Trinajstić information content (AvgIpc) is 0.878. The molecule has 0 fully saturated rings. The van der Waals surface area contributed by atoms with Crippen molar-refractivity contribution in [2.24, 2.45) is 11.5 Å². The maximum absolute atomic E-state index is 10.8. The van der Waals surface area contributed by atoms with Crippen LogP contribution in [0.2, 0.25) is 0 Å². The number of hydrogen-bond acceptors (Lipinski definition) is 27. The van der Waals surface area contributed by atoms with Gasteiger partial charge in [-0.05, 0) is 76.0 Å². The summed E-state index contributed by atoms with van der Waals surface area (Å²) in [6, 6.07) is 0. The maximum atomic E-state index is 10.8. The Bertz CT molecular complexity index is 2210. The quantitative estimate of drug-likeness (QED) is 0.0199. The Hall–Kier alpha value is 2.55. The Kier molecular flexibility index (Phi) is 360. The van der Waals surface area contributed by atoms with Crippen LogP contribution in [0.25, 0.3) is 0 Å². The van der Waals surface area contributed by atoms with E-state index in [4.69, 9.17) is 100 Å². The summed E-state index contributed by atoms with van der Waals surface area (Å²) >= 11 is 0. The largest absolute Gasteiger partial charge is 0.480 e. The van der Waals surface area contributed by atoms with E-state index in [0.29, 0.717) is 72.2 Å². The highest BCUT2D eigenvalue weighted by Crippen LogP contribution is 2.41. The fraction of sp³-hybridized carbons (Fsp3) is 0.979. The molecule has 0 rings (SSSR count). The molecule has 0 saturated heterocycles. The number of aliphatic carboxylic acids is 1. The van der Waals surface area contributed by atoms with Crippen LogP contribution < -0.4 is 11.5 Å². The van der Waals surface area contributed by atoms with Gasteiger partial charge in [-0.1, -0.05) is 50.5 Å². The van der Waals surface area contributed by atoms with Gasteiger partial charge in [-0.15, -0.1) is 83.2 Å². The third-order valence-corrected chi connectivity index (χ3v) is 20.9. The van der Waals surface area contributed by atoms with Crippen molar-refractivity contribution in [3.05, 3.63) is 0 Å². The Labute approximate surface area is 801 Å². The molecule has 0 heterocycles. The lowest BCUT2D eigenvalue weighted by atomic mass is 10.6. The molecule has 0 aliphatic heterocycles. The first-order chi connectivity index (χ1) is 45.9. The number of hydrogen-bond donors (Lipinski definition) is 20. The van der Waals surface area contributed by atoms with Crippen molar-refractivity contribution >= 4 is 142 Å². The zero-order valence-corrected chi connectivity index (χ0v) is 91.5. The highest BCUT2D eigenvalue weighted by atomic mass is 31.2. The molecule has 0 aromatic carbocycles. The zero-order chi connectivity index (χ0) is 83.0. The molecule has 85 heteroatoms. The molecule has 69 nitrogen and oxygen atoms in total. The van der Waals surface area contributed by atoms with E-state index < -0.39 is 78.0 Å². The number of carboxylic acid groups (broad SMARTS) is 1. The molecular weight excluding hydrogens is 2130 g/mol. The van der Waals surface area contributed by atoms with Crippen molar-refractivity contribution < 1.29 is 274 Å². The first-order valence-electron chi connectivity index (χ1n) is 29.4. The lowest BCUT2D eigenvalue weighted by molar-refractivity contribution is -0.138. The third-order valence-electron chi connectivity index (χ3n) is 10.3. The van der Waals surface area contributed by atoms with Crippen LogP contribution in [0, 0.1) is 0 Å². The molecule has 0 radical (unpaired) electrons. The summed E-state index contributed by atoms with van der Waals surface area (Å²) in [7, 11) is 12.0. The van der Waals surface area contributed by atoms with Gasteiger partial charge < -0.3 is 248 Å². The molecule has 0 aliphatic carbocycles. The third kappa shape index (κ3) is 262. The van der Waals surface area contributed by atoms with Crippen molar-refractivity contribution in [3.8, 4) is 0 Å². The fourth-order valence-corrected chi connectivity index (χ4v) is 13.7. The topological polar surface area (TPSA) is 1450 Å². The second kappa shape index (κ2) is 170. The predicted octanol–water partition coefficient (Wildman–Crippen LogP) is -22.6. The van der Waals surface area contributed by atoms with E-state index in [1.165, 1.54) is 4.90 Å². The van der Waals surface area contributed by atoms with Crippen molar-refractivity contribution in [2.45, 2.75) is 50.5 Å². The van der Waals surface area contributed by atoms with Crippen LogP contribution in [-0.4, -0.2) is 569 Å². The van der Waals surface area contributed by atoms with Gasteiger partial charge in [0.2, 0.25) is 0 Å². The highest BCUT2D eigenvalue weighted by molar-refractivity contribution is 7.53. The molecule has 9 unspecified atom stereocenters. The lowest BCUT2D eigenvalue weighted by Crippen LogP contribution is -2.38. The fourth-order valence-electron chi connectivity index (χ4n) is 5.97. The van der Waals surface area contributed by atoms with Crippen molar-refractivity contribution in [1.82, 2.24) is 68.6 Å². The maximum Gasteiger partial charge on any atom is 0.339 e. The first-order valence-corrected chi connectivity index (χ1v) is 49.3. The van der Waals surface area contributed by atoms with Crippen LogP contribution in [0.3, 0.4) is 0 Å². The standard InChI is InChI=1S/C6H16N2O5P2.C6H19N2O3P3.C6H18N2O3P2.C6H17N2O3P.C5H17N2O6P3.C5H16N2O3P2.C3H12N2P2.C3H11N2P.3CH4O.4CH4.27H2O/c1-7(4-14)3-8(2-6(9)10)5-15(11,12)13;1-2-7(6-14(9,10)11)3-8(4-12)5-13;1-3-8(4-7(2)5-12)6-13(9,10)11;1-4-8(5-7(2)3)6-12(9,10)11;1-6(3-14)2-7(4-15(8,9)10)5-16(11,12)13;1-6(4-11)3-7(2)5-12(8,9)10;4-1-5(2-6)3-7;1-5(2-4)3-6;3*1-2;;;;;;;;;;;;;;;;;;;;;;;;;;;;;;;/h2-5,14H2,1H3,(H,9,10)(H2,11,12,13);2-6,12-13H2,1H3,(H2,9,10,11);3-6,12H2,1-2H3,(H2,9,10,11);4-6H2,1-3H3,(H2,9,10,11);2-5,14H2,1H3,(H2,8,9,10)(H2,11,12,13);3-5,11H2,1-2H3,(H2,8,9,10);1-4,6-7H2;2-4,6H2,1H3;3*2H,1H3;4*1H4;27*1H2. The summed E-state index contributed by atoms with van der Waals surface area (Å²) in [5.41, 5.74) is 10.5. The summed E-state index contributed by atoms with van der Waals surface area (Å²) in [6.07, 6.45) is 4.56. The Morgan fingerprint density at radius 1 is 0.235 bits per heavy atom. The minimum atomic E-state index is -4.33. The van der Waals surface area contributed by atoms with E-state index in [9.17, 15) is 36.7 Å². The van der Waals surface area contributed by atoms with Crippen molar-refractivity contribution in [2.75, 3.05) is 258 Å². The number of aliphatic hydroxyl groups is 3. The van der Waals surface area contributed by atoms with Crippen LogP contribution in [0.5, 0.6) is 0 Å². The lowest BCUT2D eigenvalue weighted by Gasteiger charge is -2.27. The predicted molar refractivity (Wildman–Crippen MR) is 563 cm³/mol. The minimum absolute atomic E-state index is 0. The van der Waals surface area contributed by atoms with E-state index in [0.717, 1.165) is 70.2 Å². The molecule has 0 spiro atoms. The van der Waals surface area contributed by atoms with Gasteiger partial charge in [0.05, 0.1) is 46.6 Å². The number of aliphatic hydroxyl groups excluding tert-OH is 3. The van der Waals surface area contributed by atoms with E-state index in [2.05, 4.69) is 93.0 Å². The van der Waals surface area contributed by atoms with Gasteiger partial charge in [0.25, 0.3) is 0 Å². The van der Waals surface area contributed by atoms with E-state index in [-0.39, 0.29) is 223 Å². The molecule has 0 saturated carbocycles. The Balaban J connectivity index is -0.0000000170. The molecule has 874 valence electrons. The summed E-state index contributed by atoms with van der Waals surface area (Å²) in [5.74, 6) is -1.11. The van der Waals surface area contributed by atoms with Gasteiger partial charge >= 0.3 is 59.1 Å². The average molecular weight is 2340 g/mol. The first kappa shape index (κ1) is 280. The zero-order valence-electron chi connectivity index (χ0n) is 74.9. The molecule has 0 aromatic heterocycles. The van der Waals surface area contributed by atoms with Gasteiger partial charge in [-0.3, -0.25) is 105 Å². The van der Waals surface area contributed by atoms with Crippen LogP contribution >= 0.6 is 136 Å². The van der Waals surface area contributed by atoms with Crippen LogP contribution in [-0.2, 0) is 36.7 Å². The second-order valence-electron chi connectivity index (χ2n) is 20.9. The van der Waals surface area contributed by atoms with E-state index >= 15 is 0 Å². The highest BCUT2D eigenvalue weighted by Gasteiger charge is 2.27. The van der Waals surface area contributed by atoms with Crippen molar-refractivity contribution in [1.29, 1.82) is 0 Å². The molecular formula is C47H208N16O53P16. The van der Waals surface area contributed by atoms with Gasteiger partial charge in [0.1, 0.15) is 44.0 Å². The normalized spacial score (nSPS) is 9.18. The van der Waals surface area contributed by atoms with E-state index in [1.54, 1.807) is 50.5 Å². The molecule has 0 aliphatic rings. The van der Waals surface area contributed by atoms with Gasteiger partial charge in [0.15, 0.2) is 0 Å². The summed E-state index contributed by atoms with van der Waals surface area (Å²) in [4.78, 5) is 157. The number of nitrogens with two attached hydrogens (primary N) is 2. The van der Waals surface area contributed by atoms with E-state index in [1.807, 2.05) is 75.6 Å². The molecule has 0 bridgehead atoms. The summed E-state index contributed by atoms with van der Waals surface area (Å²) in [6.45, 7) is 11.0. The van der Waals surface area contributed by atoms with Crippen molar-refractivity contribution in [3.63, 3.8) is 0 Å².